The van der Waals surface area contributed by atoms with Crippen LogP contribution in [0.15, 0.2) is 18.2 Å². The molecule has 1 aromatic rings. The smallest absolute Gasteiger partial charge is 0.317 e. The summed E-state index contributed by atoms with van der Waals surface area (Å²) in [6, 6.07) is 5.86. The number of benzene rings is 1. The van der Waals surface area contributed by atoms with Crippen LogP contribution in [0.25, 0.3) is 0 Å². The van der Waals surface area contributed by atoms with E-state index in [1.807, 2.05) is 30.0 Å². The van der Waals surface area contributed by atoms with Crippen molar-refractivity contribution in [1.82, 2.24) is 15.1 Å². The third-order valence-electron chi connectivity index (χ3n) is 4.74. The first-order valence-corrected chi connectivity index (χ1v) is 9.49. The number of urea groups is 1. The number of amides is 3. The van der Waals surface area contributed by atoms with Crippen molar-refractivity contribution in [3.8, 4) is 11.5 Å². The van der Waals surface area contributed by atoms with Crippen LogP contribution in [-0.2, 0) is 11.2 Å². The molecule has 3 amide bonds. The van der Waals surface area contributed by atoms with Crippen molar-refractivity contribution in [1.29, 1.82) is 0 Å². The van der Waals surface area contributed by atoms with E-state index in [2.05, 4.69) is 5.32 Å². The number of hydrogen-bond donors (Lipinski definition) is 1. The predicted octanol–water partition coefficient (Wildman–Crippen LogP) is 2.29. The lowest BCUT2D eigenvalue weighted by molar-refractivity contribution is -0.132. The zero-order chi connectivity index (χ0) is 19.8. The van der Waals surface area contributed by atoms with Crippen molar-refractivity contribution < 1.29 is 19.1 Å². The number of hydrogen-bond acceptors (Lipinski definition) is 4. The maximum Gasteiger partial charge on any atom is 0.317 e. The van der Waals surface area contributed by atoms with E-state index < -0.39 is 0 Å². The van der Waals surface area contributed by atoms with Gasteiger partial charge in [0.1, 0.15) is 0 Å². The Labute approximate surface area is 161 Å². The fourth-order valence-corrected chi connectivity index (χ4v) is 3.13. The molecule has 0 aromatic heterocycles. The number of nitrogens with one attached hydrogen (secondary N) is 1. The molecule has 0 unspecified atom stereocenters. The number of piperidine rings is 1. The van der Waals surface area contributed by atoms with Gasteiger partial charge in [-0.15, -0.1) is 0 Å². The van der Waals surface area contributed by atoms with Crippen LogP contribution in [0.2, 0.25) is 0 Å². The summed E-state index contributed by atoms with van der Waals surface area (Å²) in [6.07, 6.45) is 2.72. The molecule has 1 saturated heterocycles. The molecule has 1 heterocycles. The van der Waals surface area contributed by atoms with Crippen LogP contribution < -0.4 is 14.8 Å². The maximum absolute atomic E-state index is 12.5. The van der Waals surface area contributed by atoms with Gasteiger partial charge < -0.3 is 24.6 Å². The zero-order valence-corrected chi connectivity index (χ0v) is 16.8. The van der Waals surface area contributed by atoms with Gasteiger partial charge in [0.15, 0.2) is 11.5 Å². The molecule has 0 bridgehead atoms. The van der Waals surface area contributed by atoms with Gasteiger partial charge in [-0.2, -0.15) is 0 Å². The largest absolute Gasteiger partial charge is 0.493 e. The number of carbonyl (C=O) groups is 2. The molecule has 0 saturated carbocycles. The molecule has 0 atom stereocenters. The van der Waals surface area contributed by atoms with Crippen LogP contribution in [0.4, 0.5) is 4.79 Å². The summed E-state index contributed by atoms with van der Waals surface area (Å²) >= 11 is 0. The first-order valence-electron chi connectivity index (χ1n) is 9.49. The number of nitrogens with zero attached hydrogens (tertiary/aromatic N) is 2. The van der Waals surface area contributed by atoms with E-state index in [4.69, 9.17) is 9.47 Å². The summed E-state index contributed by atoms with van der Waals surface area (Å²) in [7, 11) is 5.07. The quantitative estimate of drug-likeness (QED) is 0.791. The molecule has 0 radical (unpaired) electrons. The van der Waals surface area contributed by atoms with Crippen LogP contribution in [0.1, 0.15) is 31.7 Å². The summed E-state index contributed by atoms with van der Waals surface area (Å²) in [6.45, 7) is 3.88. The number of ether oxygens (including phenoxy) is 2. The molecule has 1 fully saturated rings. The Morgan fingerprint density at radius 1 is 1.22 bits per heavy atom. The highest BCUT2D eigenvalue weighted by Gasteiger charge is 2.24. The molecule has 1 aromatic carbocycles. The number of rotatable bonds is 7. The molecule has 2 rings (SSSR count). The van der Waals surface area contributed by atoms with E-state index in [-0.39, 0.29) is 18.0 Å². The molecule has 1 N–H and O–H groups in total. The summed E-state index contributed by atoms with van der Waals surface area (Å²) in [5.41, 5.74) is 1.05. The van der Waals surface area contributed by atoms with Crippen molar-refractivity contribution in [2.75, 3.05) is 40.9 Å². The van der Waals surface area contributed by atoms with E-state index in [0.29, 0.717) is 38.3 Å². The second-order valence-corrected chi connectivity index (χ2v) is 6.92. The molecule has 7 nitrogen and oxygen atoms in total. The van der Waals surface area contributed by atoms with Gasteiger partial charge >= 0.3 is 6.03 Å². The lowest BCUT2D eigenvalue weighted by Gasteiger charge is -2.33. The van der Waals surface area contributed by atoms with Crippen LogP contribution >= 0.6 is 0 Å². The third kappa shape index (κ3) is 6.05. The summed E-state index contributed by atoms with van der Waals surface area (Å²) in [4.78, 5) is 27.6. The van der Waals surface area contributed by atoms with Crippen LogP contribution in [-0.4, -0.2) is 68.7 Å². The normalized spacial score (nSPS) is 14.6. The molecular formula is C20H31N3O4. The Morgan fingerprint density at radius 2 is 1.93 bits per heavy atom. The van der Waals surface area contributed by atoms with E-state index >= 15 is 0 Å². The van der Waals surface area contributed by atoms with Crippen LogP contribution in [0, 0.1) is 0 Å². The van der Waals surface area contributed by atoms with Gasteiger partial charge in [0.05, 0.1) is 13.7 Å². The van der Waals surface area contributed by atoms with Crippen LogP contribution in [0.3, 0.4) is 0 Å². The fraction of sp³-hybridized carbons (Fsp3) is 0.600. The van der Waals surface area contributed by atoms with E-state index in [9.17, 15) is 9.59 Å². The Balaban J connectivity index is 1.80. The molecule has 1 aliphatic heterocycles. The van der Waals surface area contributed by atoms with Crippen molar-refractivity contribution in [3.05, 3.63) is 23.8 Å². The van der Waals surface area contributed by atoms with Gasteiger partial charge in [-0.05, 0) is 43.9 Å². The predicted molar refractivity (Wildman–Crippen MR) is 104 cm³/mol. The van der Waals surface area contributed by atoms with E-state index in [1.54, 1.807) is 21.2 Å². The highest BCUT2D eigenvalue weighted by atomic mass is 16.5. The minimum atomic E-state index is -0.0794. The average molecular weight is 377 g/mol. The minimum Gasteiger partial charge on any atom is -0.493 e. The van der Waals surface area contributed by atoms with Gasteiger partial charge in [-0.25, -0.2) is 4.79 Å². The monoisotopic (exact) mass is 377 g/mol. The minimum absolute atomic E-state index is 0.0794. The van der Waals surface area contributed by atoms with Gasteiger partial charge in [0.25, 0.3) is 0 Å². The van der Waals surface area contributed by atoms with Gasteiger partial charge in [0, 0.05) is 39.6 Å². The maximum atomic E-state index is 12.5. The van der Waals surface area contributed by atoms with Crippen molar-refractivity contribution in [2.45, 2.75) is 38.6 Å². The highest BCUT2D eigenvalue weighted by Crippen LogP contribution is 2.28. The Hall–Kier alpha value is -2.44. The number of methoxy groups -OCH3 is 1. The highest BCUT2D eigenvalue weighted by molar-refractivity contribution is 5.77. The molecule has 27 heavy (non-hydrogen) atoms. The number of carbonyl (C=O) groups excluding carboxylic acids is 2. The SMILES string of the molecule is CCOc1ccc(CCC(=O)N2CCC(NC(=O)N(C)C)CC2)cc1OC. The van der Waals surface area contributed by atoms with Crippen molar-refractivity contribution in [3.63, 3.8) is 0 Å². The Kier molecular flexibility index (Phi) is 7.76. The fourth-order valence-electron chi connectivity index (χ4n) is 3.13. The standard InChI is InChI=1S/C20H31N3O4/c1-5-27-17-8-6-15(14-18(17)26-4)7-9-19(24)23-12-10-16(11-13-23)21-20(25)22(2)3/h6,8,14,16H,5,7,9-13H2,1-4H3,(H,21,25). The molecule has 1 aliphatic rings. The summed E-state index contributed by atoms with van der Waals surface area (Å²) in [5, 5.41) is 2.99. The van der Waals surface area contributed by atoms with Gasteiger partial charge in [0.2, 0.25) is 5.91 Å². The third-order valence-corrected chi connectivity index (χ3v) is 4.74. The Bertz CT molecular complexity index is 640. The first-order chi connectivity index (χ1) is 12.9. The molecular weight excluding hydrogens is 346 g/mol. The zero-order valence-electron chi connectivity index (χ0n) is 16.8. The lowest BCUT2D eigenvalue weighted by atomic mass is 10.0. The number of likely N-dealkylation sites (tertiary alicyclic amines) is 1. The average Bonchev–Trinajstić information content (AvgIpc) is 2.67. The van der Waals surface area contributed by atoms with Crippen molar-refractivity contribution in [2.24, 2.45) is 0 Å². The Morgan fingerprint density at radius 3 is 2.52 bits per heavy atom. The van der Waals surface area contributed by atoms with Gasteiger partial charge in [-0.1, -0.05) is 6.07 Å². The molecule has 7 heteroatoms. The molecule has 0 spiro atoms. The van der Waals surface area contributed by atoms with Gasteiger partial charge in [-0.3, -0.25) is 4.79 Å². The van der Waals surface area contributed by atoms with Crippen LogP contribution in [0.5, 0.6) is 11.5 Å². The van der Waals surface area contributed by atoms with E-state index in [0.717, 1.165) is 24.2 Å². The first kappa shape index (κ1) is 20.9. The van der Waals surface area contributed by atoms with E-state index in [1.165, 1.54) is 4.90 Å². The second-order valence-electron chi connectivity index (χ2n) is 6.92. The topological polar surface area (TPSA) is 71.1 Å². The summed E-state index contributed by atoms with van der Waals surface area (Å²) in [5.74, 6) is 1.57. The molecule has 150 valence electrons. The lowest BCUT2D eigenvalue weighted by Crippen LogP contribution is -2.48. The second kappa shape index (κ2) is 10.0. The number of aryl methyl sites for hydroxylation is 1. The van der Waals surface area contributed by atoms with Crippen molar-refractivity contribution >= 4 is 11.9 Å². The summed E-state index contributed by atoms with van der Waals surface area (Å²) < 4.78 is 10.9. The molecule has 0 aliphatic carbocycles.